The van der Waals surface area contributed by atoms with E-state index in [-0.39, 0.29) is 30.0 Å². The SMILES string of the molecule is CCCCCC(O)CCN1C(=O)NC2CC(=O)CC21. The van der Waals surface area contributed by atoms with Gasteiger partial charge in [-0.2, -0.15) is 0 Å². The van der Waals surface area contributed by atoms with Gasteiger partial charge in [-0.05, 0) is 12.8 Å². The van der Waals surface area contributed by atoms with Crippen molar-refractivity contribution >= 4 is 11.8 Å². The lowest BCUT2D eigenvalue weighted by atomic mass is 10.1. The summed E-state index contributed by atoms with van der Waals surface area (Å²) in [5.41, 5.74) is 0. The molecule has 0 aromatic carbocycles. The van der Waals surface area contributed by atoms with Crippen LogP contribution in [0.15, 0.2) is 0 Å². The lowest BCUT2D eigenvalue weighted by molar-refractivity contribution is -0.117. The first-order chi connectivity index (χ1) is 9.11. The second-order valence-electron chi connectivity index (χ2n) is 5.70. The highest BCUT2D eigenvalue weighted by molar-refractivity contribution is 5.88. The number of hydrogen-bond acceptors (Lipinski definition) is 3. The molecule has 19 heavy (non-hydrogen) atoms. The fourth-order valence-corrected chi connectivity index (χ4v) is 3.04. The van der Waals surface area contributed by atoms with Gasteiger partial charge in [-0.3, -0.25) is 4.79 Å². The van der Waals surface area contributed by atoms with Crippen molar-refractivity contribution < 1.29 is 14.7 Å². The molecule has 1 saturated heterocycles. The molecular weight excluding hydrogens is 244 g/mol. The van der Waals surface area contributed by atoms with Crippen LogP contribution >= 0.6 is 0 Å². The Morgan fingerprint density at radius 3 is 2.84 bits per heavy atom. The maximum Gasteiger partial charge on any atom is 0.318 e. The smallest absolute Gasteiger partial charge is 0.318 e. The van der Waals surface area contributed by atoms with Gasteiger partial charge >= 0.3 is 6.03 Å². The molecule has 1 saturated carbocycles. The van der Waals surface area contributed by atoms with Crippen molar-refractivity contribution in [1.29, 1.82) is 0 Å². The number of aliphatic hydroxyl groups excluding tert-OH is 1. The zero-order valence-corrected chi connectivity index (χ0v) is 11.6. The van der Waals surface area contributed by atoms with Crippen LogP contribution in [0.4, 0.5) is 4.79 Å². The molecule has 2 fully saturated rings. The fraction of sp³-hybridized carbons (Fsp3) is 0.857. The molecule has 5 heteroatoms. The molecule has 2 aliphatic rings. The van der Waals surface area contributed by atoms with Crippen LogP contribution in [0.2, 0.25) is 0 Å². The third kappa shape index (κ3) is 3.47. The minimum atomic E-state index is -0.337. The van der Waals surface area contributed by atoms with Gasteiger partial charge in [-0.1, -0.05) is 26.2 Å². The average molecular weight is 268 g/mol. The number of aliphatic hydroxyl groups is 1. The Morgan fingerprint density at radius 2 is 2.11 bits per heavy atom. The highest BCUT2D eigenvalue weighted by Gasteiger charge is 2.45. The molecule has 1 aliphatic carbocycles. The maximum atomic E-state index is 11.8. The Hall–Kier alpha value is -1.10. The zero-order chi connectivity index (χ0) is 13.8. The Balaban J connectivity index is 1.75. The van der Waals surface area contributed by atoms with E-state index in [1.807, 2.05) is 0 Å². The van der Waals surface area contributed by atoms with Gasteiger partial charge < -0.3 is 15.3 Å². The van der Waals surface area contributed by atoms with Crippen molar-refractivity contribution in [2.45, 2.75) is 70.1 Å². The number of nitrogens with zero attached hydrogens (tertiary/aromatic N) is 1. The monoisotopic (exact) mass is 268 g/mol. The summed E-state index contributed by atoms with van der Waals surface area (Å²) in [4.78, 5) is 24.9. The summed E-state index contributed by atoms with van der Waals surface area (Å²) in [6, 6.07) is -0.0664. The molecule has 2 rings (SSSR count). The molecule has 0 aromatic rings. The minimum Gasteiger partial charge on any atom is -0.393 e. The number of fused-ring (bicyclic) bond motifs is 1. The number of rotatable bonds is 7. The van der Waals surface area contributed by atoms with Crippen LogP contribution in [0.1, 0.15) is 51.9 Å². The molecule has 1 heterocycles. The van der Waals surface area contributed by atoms with Crippen LogP contribution in [-0.2, 0) is 4.79 Å². The van der Waals surface area contributed by atoms with Crippen LogP contribution in [-0.4, -0.2) is 46.6 Å². The minimum absolute atomic E-state index is 0.00256. The van der Waals surface area contributed by atoms with E-state index >= 15 is 0 Å². The number of carbonyl (C=O) groups excluding carboxylic acids is 2. The number of hydrogen-bond donors (Lipinski definition) is 2. The van der Waals surface area contributed by atoms with Crippen molar-refractivity contribution in [2.75, 3.05) is 6.54 Å². The molecule has 0 radical (unpaired) electrons. The average Bonchev–Trinajstić information content (AvgIpc) is 2.82. The summed E-state index contributed by atoms with van der Waals surface area (Å²) in [7, 11) is 0. The van der Waals surface area contributed by atoms with Crippen molar-refractivity contribution in [3.05, 3.63) is 0 Å². The van der Waals surface area contributed by atoms with E-state index < -0.39 is 0 Å². The molecule has 3 unspecified atom stereocenters. The Labute approximate surface area is 114 Å². The van der Waals surface area contributed by atoms with Gasteiger partial charge in [0.1, 0.15) is 5.78 Å². The normalized spacial score (nSPS) is 27.6. The highest BCUT2D eigenvalue weighted by atomic mass is 16.3. The van der Waals surface area contributed by atoms with E-state index in [2.05, 4.69) is 12.2 Å². The van der Waals surface area contributed by atoms with E-state index in [1.54, 1.807) is 4.90 Å². The van der Waals surface area contributed by atoms with Crippen LogP contribution in [0.25, 0.3) is 0 Å². The second-order valence-corrected chi connectivity index (χ2v) is 5.70. The van der Waals surface area contributed by atoms with Crippen molar-refractivity contribution in [3.63, 3.8) is 0 Å². The predicted molar refractivity (Wildman–Crippen MR) is 71.8 cm³/mol. The standard InChI is InChI=1S/C14H24N2O3/c1-2-3-4-5-10(17)6-7-16-13-9-11(18)8-12(13)15-14(16)19/h10,12-13,17H,2-9H2,1H3,(H,15,19). The summed E-state index contributed by atoms with van der Waals surface area (Å²) >= 11 is 0. The number of urea groups is 1. The van der Waals surface area contributed by atoms with E-state index in [4.69, 9.17) is 0 Å². The van der Waals surface area contributed by atoms with Gasteiger partial charge in [0.05, 0.1) is 18.2 Å². The van der Waals surface area contributed by atoms with Crippen LogP contribution in [0.5, 0.6) is 0 Å². The van der Waals surface area contributed by atoms with Gasteiger partial charge in [0.2, 0.25) is 0 Å². The van der Waals surface area contributed by atoms with E-state index in [9.17, 15) is 14.7 Å². The molecular formula is C14H24N2O3. The first kappa shape index (κ1) is 14.3. The Kier molecular flexibility index (Phi) is 4.80. The zero-order valence-electron chi connectivity index (χ0n) is 11.6. The van der Waals surface area contributed by atoms with Gasteiger partial charge in [0, 0.05) is 19.4 Å². The van der Waals surface area contributed by atoms with Gasteiger partial charge in [0.25, 0.3) is 0 Å². The number of amides is 2. The third-order valence-electron chi connectivity index (χ3n) is 4.16. The number of ketones is 1. The summed E-state index contributed by atoms with van der Waals surface area (Å²) in [6.45, 7) is 2.69. The molecule has 5 nitrogen and oxygen atoms in total. The first-order valence-electron chi connectivity index (χ1n) is 7.38. The summed E-state index contributed by atoms with van der Waals surface area (Å²) in [6.07, 6.45) is 5.32. The van der Waals surface area contributed by atoms with E-state index in [1.165, 1.54) is 0 Å². The summed E-state index contributed by atoms with van der Waals surface area (Å²) in [5.74, 6) is 0.225. The van der Waals surface area contributed by atoms with E-state index in [0.717, 1.165) is 25.7 Å². The van der Waals surface area contributed by atoms with E-state index in [0.29, 0.717) is 25.8 Å². The number of carbonyl (C=O) groups is 2. The number of unbranched alkanes of at least 4 members (excludes halogenated alkanes) is 2. The summed E-state index contributed by atoms with van der Waals surface area (Å²) < 4.78 is 0. The first-order valence-corrected chi connectivity index (χ1v) is 7.38. The van der Waals surface area contributed by atoms with Crippen molar-refractivity contribution in [1.82, 2.24) is 10.2 Å². The van der Waals surface area contributed by atoms with Crippen LogP contribution in [0, 0.1) is 0 Å². The lowest BCUT2D eigenvalue weighted by Gasteiger charge is -2.22. The van der Waals surface area contributed by atoms with Crippen LogP contribution < -0.4 is 5.32 Å². The predicted octanol–water partition coefficient (Wildman–Crippen LogP) is 1.44. The molecule has 0 spiro atoms. The summed E-state index contributed by atoms with van der Waals surface area (Å²) in [5, 5.41) is 12.7. The molecule has 108 valence electrons. The molecule has 2 amide bonds. The quantitative estimate of drug-likeness (QED) is 0.686. The second kappa shape index (κ2) is 6.37. The van der Waals surface area contributed by atoms with Crippen LogP contribution in [0.3, 0.4) is 0 Å². The molecule has 1 aliphatic heterocycles. The van der Waals surface area contributed by atoms with Gasteiger partial charge in [-0.15, -0.1) is 0 Å². The fourth-order valence-electron chi connectivity index (χ4n) is 3.04. The third-order valence-corrected chi connectivity index (χ3v) is 4.16. The van der Waals surface area contributed by atoms with Gasteiger partial charge in [-0.25, -0.2) is 4.79 Å². The van der Waals surface area contributed by atoms with Crippen molar-refractivity contribution in [2.24, 2.45) is 0 Å². The number of Topliss-reactive ketones (excluding diaryl/α,β-unsaturated/α-hetero) is 1. The molecule has 2 N–H and O–H groups in total. The lowest BCUT2D eigenvalue weighted by Crippen LogP contribution is -2.36. The Bertz CT molecular complexity index is 346. The molecule has 0 aromatic heterocycles. The largest absolute Gasteiger partial charge is 0.393 e. The molecule has 3 atom stereocenters. The topological polar surface area (TPSA) is 69.6 Å². The highest BCUT2D eigenvalue weighted by Crippen LogP contribution is 2.27. The Morgan fingerprint density at radius 1 is 1.32 bits per heavy atom. The van der Waals surface area contributed by atoms with Gasteiger partial charge in [0.15, 0.2) is 0 Å². The number of nitrogens with one attached hydrogen (secondary N) is 1. The molecule has 0 bridgehead atoms. The van der Waals surface area contributed by atoms with Crippen molar-refractivity contribution in [3.8, 4) is 0 Å². The maximum absolute atomic E-state index is 11.8.